The largest absolute Gasteiger partial charge is 0.497 e. The molecule has 0 aliphatic heterocycles. The van der Waals surface area contributed by atoms with Crippen LogP contribution in [0, 0.1) is 0 Å². The monoisotopic (exact) mass is 244 g/mol. The van der Waals surface area contributed by atoms with Gasteiger partial charge in [0.2, 0.25) is 0 Å². The molecule has 1 aromatic rings. The van der Waals surface area contributed by atoms with E-state index in [-0.39, 0.29) is 10.8 Å². The van der Waals surface area contributed by atoms with Crippen LogP contribution in [-0.2, 0) is 5.41 Å². The van der Waals surface area contributed by atoms with Crippen LogP contribution < -0.4 is 4.74 Å². The number of ether oxygens (including phenoxy) is 1. The van der Waals surface area contributed by atoms with Crippen molar-refractivity contribution in [3.63, 3.8) is 0 Å². The zero-order chi connectivity index (χ0) is 11.2. The van der Waals surface area contributed by atoms with Crippen molar-refractivity contribution < 1.29 is 4.74 Å². The van der Waals surface area contributed by atoms with E-state index in [1.807, 2.05) is 12.1 Å². The van der Waals surface area contributed by atoms with Gasteiger partial charge in [-0.1, -0.05) is 25.4 Å². The topological polar surface area (TPSA) is 9.23 Å². The normalized spacial score (nSPS) is 22.6. The molecule has 0 amide bonds. The SMILES string of the molecule is COc1cc(Cl)c2c(c1)C(Cl)CC2(C)C. The highest BCUT2D eigenvalue weighted by Gasteiger charge is 2.38. The molecule has 2 rings (SSSR count). The predicted octanol–water partition coefficient (Wildman–Crippen LogP) is 4.31. The van der Waals surface area contributed by atoms with Gasteiger partial charge in [-0.05, 0) is 35.1 Å². The second-order valence-corrected chi connectivity index (χ2v) is 5.56. The van der Waals surface area contributed by atoms with Crippen molar-refractivity contribution >= 4 is 23.2 Å². The smallest absolute Gasteiger partial charge is 0.120 e. The Morgan fingerprint density at radius 3 is 2.67 bits per heavy atom. The second kappa shape index (κ2) is 3.57. The summed E-state index contributed by atoms with van der Waals surface area (Å²) in [5.74, 6) is 0.780. The number of benzene rings is 1. The summed E-state index contributed by atoms with van der Waals surface area (Å²) in [6, 6.07) is 3.85. The van der Waals surface area contributed by atoms with Crippen LogP contribution in [-0.4, -0.2) is 7.11 Å². The summed E-state index contributed by atoms with van der Waals surface area (Å²) in [5, 5.41) is 0.806. The molecule has 1 nitrogen and oxygen atoms in total. The van der Waals surface area contributed by atoms with E-state index in [0.29, 0.717) is 0 Å². The summed E-state index contributed by atoms with van der Waals surface area (Å²) in [4.78, 5) is 0. The van der Waals surface area contributed by atoms with Gasteiger partial charge in [-0.3, -0.25) is 0 Å². The van der Waals surface area contributed by atoms with Gasteiger partial charge in [-0.2, -0.15) is 0 Å². The fourth-order valence-corrected chi connectivity index (χ4v) is 3.37. The summed E-state index contributed by atoms with van der Waals surface area (Å²) in [5.41, 5.74) is 2.35. The molecule has 0 bridgehead atoms. The summed E-state index contributed by atoms with van der Waals surface area (Å²) in [6.45, 7) is 4.35. The Morgan fingerprint density at radius 1 is 1.40 bits per heavy atom. The third-order valence-electron chi connectivity index (χ3n) is 3.03. The maximum Gasteiger partial charge on any atom is 0.120 e. The van der Waals surface area contributed by atoms with E-state index in [0.717, 1.165) is 22.8 Å². The maximum atomic E-state index is 6.31. The average Bonchev–Trinajstić information content (AvgIpc) is 2.37. The predicted molar refractivity (Wildman–Crippen MR) is 64.2 cm³/mol. The summed E-state index contributed by atoms with van der Waals surface area (Å²) in [7, 11) is 1.64. The van der Waals surface area contributed by atoms with Crippen molar-refractivity contribution in [1.82, 2.24) is 0 Å². The zero-order valence-corrected chi connectivity index (χ0v) is 10.6. The molecule has 1 aliphatic rings. The van der Waals surface area contributed by atoms with Gasteiger partial charge in [0, 0.05) is 5.02 Å². The summed E-state index contributed by atoms with van der Waals surface area (Å²) in [6.07, 6.45) is 0.927. The molecule has 1 aromatic carbocycles. The molecule has 0 radical (unpaired) electrons. The molecule has 0 saturated heterocycles. The molecule has 1 aliphatic carbocycles. The first kappa shape index (κ1) is 11.1. The second-order valence-electron chi connectivity index (χ2n) is 4.63. The molecular formula is C12H14Cl2O. The highest BCUT2D eigenvalue weighted by molar-refractivity contribution is 6.32. The van der Waals surface area contributed by atoms with Gasteiger partial charge in [0.05, 0.1) is 12.5 Å². The Morgan fingerprint density at radius 2 is 2.07 bits per heavy atom. The number of hydrogen-bond donors (Lipinski definition) is 0. The van der Waals surface area contributed by atoms with E-state index in [1.165, 1.54) is 5.56 Å². The lowest BCUT2D eigenvalue weighted by Gasteiger charge is -2.20. The molecule has 1 atom stereocenters. The fraction of sp³-hybridized carbons (Fsp3) is 0.500. The van der Waals surface area contributed by atoms with Crippen LogP contribution >= 0.6 is 23.2 Å². The third kappa shape index (κ3) is 1.72. The van der Waals surface area contributed by atoms with E-state index in [9.17, 15) is 0 Å². The van der Waals surface area contributed by atoms with Crippen LogP contribution in [0.3, 0.4) is 0 Å². The Balaban J connectivity index is 2.63. The zero-order valence-electron chi connectivity index (χ0n) is 9.10. The first-order valence-electron chi connectivity index (χ1n) is 4.97. The fourth-order valence-electron chi connectivity index (χ4n) is 2.34. The van der Waals surface area contributed by atoms with Crippen molar-refractivity contribution in [1.29, 1.82) is 0 Å². The van der Waals surface area contributed by atoms with Crippen molar-refractivity contribution in [2.45, 2.75) is 31.1 Å². The number of rotatable bonds is 1. The van der Waals surface area contributed by atoms with E-state index in [1.54, 1.807) is 7.11 Å². The Bertz CT molecular complexity index is 399. The van der Waals surface area contributed by atoms with Crippen LogP contribution in [0.25, 0.3) is 0 Å². The van der Waals surface area contributed by atoms with Gasteiger partial charge in [0.15, 0.2) is 0 Å². The lowest BCUT2D eigenvalue weighted by atomic mass is 9.86. The highest BCUT2D eigenvalue weighted by atomic mass is 35.5. The minimum atomic E-state index is 0.0441. The quantitative estimate of drug-likeness (QED) is 0.670. The minimum absolute atomic E-state index is 0.0441. The van der Waals surface area contributed by atoms with Gasteiger partial charge in [0.1, 0.15) is 5.75 Å². The molecular weight excluding hydrogens is 231 g/mol. The lowest BCUT2D eigenvalue weighted by molar-refractivity contribution is 0.414. The molecule has 1 unspecified atom stereocenters. The molecule has 0 fully saturated rings. The number of alkyl halides is 1. The number of methoxy groups -OCH3 is 1. The van der Waals surface area contributed by atoms with Crippen molar-refractivity contribution in [3.05, 3.63) is 28.3 Å². The molecule has 0 saturated carbocycles. The maximum absolute atomic E-state index is 6.31. The average molecular weight is 245 g/mol. The first-order chi connectivity index (χ1) is 6.95. The van der Waals surface area contributed by atoms with Crippen LogP contribution in [0.15, 0.2) is 12.1 Å². The van der Waals surface area contributed by atoms with Gasteiger partial charge in [-0.15, -0.1) is 11.6 Å². The molecule has 3 heteroatoms. The third-order valence-corrected chi connectivity index (χ3v) is 3.72. The molecule has 15 heavy (non-hydrogen) atoms. The first-order valence-corrected chi connectivity index (χ1v) is 5.79. The van der Waals surface area contributed by atoms with E-state index in [2.05, 4.69) is 13.8 Å². The summed E-state index contributed by atoms with van der Waals surface area (Å²) < 4.78 is 5.19. The molecule has 0 aromatic heterocycles. The number of fused-ring (bicyclic) bond motifs is 1. The van der Waals surface area contributed by atoms with E-state index >= 15 is 0 Å². The van der Waals surface area contributed by atoms with E-state index < -0.39 is 0 Å². The lowest BCUT2D eigenvalue weighted by Crippen LogP contribution is -2.12. The molecule has 0 spiro atoms. The van der Waals surface area contributed by atoms with E-state index in [4.69, 9.17) is 27.9 Å². The minimum Gasteiger partial charge on any atom is -0.497 e. The van der Waals surface area contributed by atoms with Gasteiger partial charge in [-0.25, -0.2) is 0 Å². The Hall–Kier alpha value is -0.400. The van der Waals surface area contributed by atoms with Crippen LogP contribution in [0.2, 0.25) is 5.02 Å². The highest BCUT2D eigenvalue weighted by Crippen LogP contribution is 2.51. The van der Waals surface area contributed by atoms with Crippen LogP contribution in [0.4, 0.5) is 0 Å². The van der Waals surface area contributed by atoms with Crippen molar-refractivity contribution in [2.24, 2.45) is 0 Å². The van der Waals surface area contributed by atoms with Gasteiger partial charge >= 0.3 is 0 Å². The number of hydrogen-bond acceptors (Lipinski definition) is 1. The molecule has 0 heterocycles. The molecule has 82 valence electrons. The van der Waals surface area contributed by atoms with Crippen LogP contribution in [0.1, 0.15) is 36.8 Å². The molecule has 0 N–H and O–H groups in total. The van der Waals surface area contributed by atoms with Gasteiger partial charge in [0.25, 0.3) is 0 Å². The Labute approximate surface area is 100 Å². The summed E-state index contributed by atoms with van der Waals surface area (Å²) >= 11 is 12.6. The van der Waals surface area contributed by atoms with Gasteiger partial charge < -0.3 is 4.74 Å². The van der Waals surface area contributed by atoms with Crippen molar-refractivity contribution in [3.8, 4) is 5.75 Å². The Kier molecular flexibility index (Phi) is 2.64. The van der Waals surface area contributed by atoms with Crippen molar-refractivity contribution in [2.75, 3.05) is 7.11 Å². The number of halogens is 2. The standard InChI is InChI=1S/C12H14Cl2O/c1-12(2)6-10(14)8-4-7(15-3)5-9(13)11(8)12/h4-5,10H,6H2,1-3H3. The van der Waals surface area contributed by atoms with Crippen LogP contribution in [0.5, 0.6) is 5.75 Å².